The van der Waals surface area contributed by atoms with E-state index in [1.165, 1.54) is 6.92 Å². The highest BCUT2D eigenvalue weighted by molar-refractivity contribution is 5.99. The molecule has 1 aromatic carbocycles. The number of carbonyl (C=O) groups is 2. The third kappa shape index (κ3) is 2.06. The van der Waals surface area contributed by atoms with Gasteiger partial charge in [-0.3, -0.25) is 9.59 Å². The molecule has 1 aliphatic carbocycles. The highest BCUT2D eigenvalue weighted by Gasteiger charge is 2.24. The van der Waals surface area contributed by atoms with E-state index in [9.17, 15) is 9.59 Å². The lowest BCUT2D eigenvalue weighted by atomic mass is 9.87. The van der Waals surface area contributed by atoms with E-state index in [-0.39, 0.29) is 17.7 Å². The normalized spacial score (nSPS) is 19.5. The second-order valence-electron chi connectivity index (χ2n) is 3.89. The first-order valence-electron chi connectivity index (χ1n) is 5.05. The summed E-state index contributed by atoms with van der Waals surface area (Å²) in [4.78, 5) is 22.6. The summed E-state index contributed by atoms with van der Waals surface area (Å²) in [6.07, 6.45) is 1.16. The summed E-state index contributed by atoms with van der Waals surface area (Å²) in [7, 11) is 0. The zero-order valence-electron chi connectivity index (χ0n) is 8.62. The predicted octanol–water partition coefficient (Wildman–Crippen LogP) is 1.32. The van der Waals surface area contributed by atoms with Gasteiger partial charge in [-0.15, -0.1) is 0 Å². The summed E-state index contributed by atoms with van der Waals surface area (Å²) >= 11 is 0. The topological polar surface area (TPSA) is 46.2 Å². The summed E-state index contributed by atoms with van der Waals surface area (Å²) in [5, 5.41) is 2.79. The number of amides is 1. The maximum Gasteiger partial charge on any atom is 0.217 e. The lowest BCUT2D eigenvalue weighted by molar-refractivity contribution is -0.119. The van der Waals surface area contributed by atoms with Gasteiger partial charge in [-0.1, -0.05) is 24.3 Å². The number of Topliss-reactive ketones (excluding diaryl/α,β-unsaturated/α-hetero) is 1. The van der Waals surface area contributed by atoms with Crippen molar-refractivity contribution in [1.29, 1.82) is 0 Å². The van der Waals surface area contributed by atoms with E-state index in [0.717, 1.165) is 17.5 Å². The first kappa shape index (κ1) is 9.90. The fourth-order valence-corrected chi connectivity index (χ4v) is 2.03. The second kappa shape index (κ2) is 3.85. The van der Waals surface area contributed by atoms with Crippen LogP contribution in [0.4, 0.5) is 0 Å². The number of ketones is 1. The van der Waals surface area contributed by atoms with Crippen LogP contribution in [0, 0.1) is 0 Å². The predicted molar refractivity (Wildman–Crippen MR) is 56.7 cm³/mol. The van der Waals surface area contributed by atoms with E-state index in [0.29, 0.717) is 6.42 Å². The molecule has 15 heavy (non-hydrogen) atoms. The van der Waals surface area contributed by atoms with Gasteiger partial charge < -0.3 is 5.32 Å². The molecule has 0 aromatic heterocycles. The van der Waals surface area contributed by atoms with E-state index in [1.807, 2.05) is 24.3 Å². The monoisotopic (exact) mass is 203 g/mol. The van der Waals surface area contributed by atoms with Gasteiger partial charge in [-0.25, -0.2) is 0 Å². The van der Waals surface area contributed by atoms with Crippen LogP contribution in [0.2, 0.25) is 0 Å². The first-order valence-corrected chi connectivity index (χ1v) is 5.05. The first-order chi connectivity index (χ1) is 7.16. The van der Waals surface area contributed by atoms with Crippen LogP contribution >= 0.6 is 0 Å². The van der Waals surface area contributed by atoms with Crippen molar-refractivity contribution >= 4 is 11.7 Å². The molecule has 0 saturated heterocycles. The van der Waals surface area contributed by atoms with Gasteiger partial charge in [-0.05, 0) is 12.0 Å². The number of hydrogen-bond donors (Lipinski definition) is 1. The Morgan fingerprint density at radius 3 is 2.80 bits per heavy atom. The largest absolute Gasteiger partial charge is 0.353 e. The molecule has 78 valence electrons. The Hall–Kier alpha value is -1.64. The highest BCUT2D eigenvalue weighted by Crippen LogP contribution is 2.20. The Kier molecular flexibility index (Phi) is 2.54. The molecule has 1 unspecified atom stereocenters. The summed E-state index contributed by atoms with van der Waals surface area (Å²) in [6.45, 7) is 1.48. The smallest absolute Gasteiger partial charge is 0.217 e. The van der Waals surface area contributed by atoms with Crippen LogP contribution in [0.1, 0.15) is 29.3 Å². The molecule has 2 rings (SSSR count). The molecule has 0 spiro atoms. The third-order valence-electron chi connectivity index (χ3n) is 2.62. The quantitative estimate of drug-likeness (QED) is 0.748. The molecular formula is C12H13NO2. The maximum atomic E-state index is 11.7. The van der Waals surface area contributed by atoms with E-state index in [4.69, 9.17) is 0 Å². The summed E-state index contributed by atoms with van der Waals surface area (Å²) < 4.78 is 0. The Morgan fingerprint density at radius 2 is 2.07 bits per heavy atom. The number of fused-ring (bicyclic) bond motifs is 1. The zero-order valence-corrected chi connectivity index (χ0v) is 8.62. The zero-order chi connectivity index (χ0) is 10.8. The Labute approximate surface area is 88.5 Å². The molecule has 0 aliphatic heterocycles. The summed E-state index contributed by atoms with van der Waals surface area (Å²) in [6, 6.07) is 7.55. The SMILES string of the molecule is CC(=O)NC1CC(=O)c2ccccc2C1. The van der Waals surface area contributed by atoms with Gasteiger partial charge in [0.2, 0.25) is 5.91 Å². The fraction of sp³-hybridized carbons (Fsp3) is 0.333. The average Bonchev–Trinajstić information content (AvgIpc) is 2.16. The third-order valence-corrected chi connectivity index (χ3v) is 2.62. The van der Waals surface area contributed by atoms with Crippen LogP contribution in [-0.2, 0) is 11.2 Å². The fourth-order valence-electron chi connectivity index (χ4n) is 2.03. The van der Waals surface area contributed by atoms with Crippen LogP contribution in [0.25, 0.3) is 0 Å². The minimum Gasteiger partial charge on any atom is -0.353 e. The Balaban J connectivity index is 2.23. The van der Waals surface area contributed by atoms with Gasteiger partial charge in [0.25, 0.3) is 0 Å². The summed E-state index contributed by atoms with van der Waals surface area (Å²) in [5.74, 6) is 0.0442. The molecule has 3 nitrogen and oxygen atoms in total. The van der Waals surface area contributed by atoms with Gasteiger partial charge in [0.15, 0.2) is 5.78 Å². The van der Waals surface area contributed by atoms with Crippen molar-refractivity contribution in [2.24, 2.45) is 0 Å². The molecule has 0 heterocycles. The number of hydrogen-bond acceptors (Lipinski definition) is 2. The minimum absolute atomic E-state index is 0.0371. The van der Waals surface area contributed by atoms with Gasteiger partial charge in [-0.2, -0.15) is 0 Å². The number of rotatable bonds is 1. The molecule has 0 radical (unpaired) electrons. The standard InChI is InChI=1S/C12H13NO2/c1-8(14)13-10-6-9-4-2-3-5-11(9)12(15)7-10/h2-5,10H,6-7H2,1H3,(H,13,14). The van der Waals surface area contributed by atoms with Crippen LogP contribution in [0.3, 0.4) is 0 Å². The van der Waals surface area contributed by atoms with E-state index in [2.05, 4.69) is 5.32 Å². The molecule has 1 aliphatic rings. The van der Waals surface area contributed by atoms with E-state index < -0.39 is 0 Å². The minimum atomic E-state index is -0.0767. The van der Waals surface area contributed by atoms with Gasteiger partial charge in [0, 0.05) is 24.9 Å². The van der Waals surface area contributed by atoms with Crippen LogP contribution < -0.4 is 5.32 Å². The number of nitrogens with one attached hydrogen (secondary N) is 1. The maximum absolute atomic E-state index is 11.7. The lowest BCUT2D eigenvalue weighted by Gasteiger charge is -2.23. The number of benzene rings is 1. The molecule has 3 heteroatoms. The van der Waals surface area contributed by atoms with Gasteiger partial charge in [0.05, 0.1) is 0 Å². The Morgan fingerprint density at radius 1 is 1.33 bits per heavy atom. The van der Waals surface area contributed by atoms with Crippen molar-refractivity contribution in [3.63, 3.8) is 0 Å². The molecule has 0 fully saturated rings. The Bertz CT molecular complexity index is 412. The van der Waals surface area contributed by atoms with Crippen molar-refractivity contribution < 1.29 is 9.59 Å². The molecule has 1 N–H and O–H groups in total. The van der Waals surface area contributed by atoms with E-state index >= 15 is 0 Å². The van der Waals surface area contributed by atoms with Crippen LogP contribution in [0.5, 0.6) is 0 Å². The summed E-state index contributed by atoms with van der Waals surface area (Å²) in [5.41, 5.74) is 1.84. The van der Waals surface area contributed by atoms with E-state index in [1.54, 1.807) is 0 Å². The van der Waals surface area contributed by atoms with Crippen LogP contribution in [-0.4, -0.2) is 17.7 Å². The van der Waals surface area contributed by atoms with Gasteiger partial charge >= 0.3 is 0 Å². The molecule has 0 bridgehead atoms. The van der Waals surface area contributed by atoms with Crippen molar-refractivity contribution in [2.75, 3.05) is 0 Å². The van der Waals surface area contributed by atoms with Gasteiger partial charge in [0.1, 0.15) is 0 Å². The molecule has 1 atom stereocenters. The van der Waals surface area contributed by atoms with Crippen molar-refractivity contribution in [3.8, 4) is 0 Å². The second-order valence-corrected chi connectivity index (χ2v) is 3.89. The average molecular weight is 203 g/mol. The van der Waals surface area contributed by atoms with Crippen LogP contribution in [0.15, 0.2) is 24.3 Å². The molecule has 1 aromatic rings. The molecule has 0 saturated carbocycles. The van der Waals surface area contributed by atoms with Crippen molar-refractivity contribution in [3.05, 3.63) is 35.4 Å². The van der Waals surface area contributed by atoms with Crippen molar-refractivity contribution in [1.82, 2.24) is 5.32 Å². The lowest BCUT2D eigenvalue weighted by Crippen LogP contribution is -2.39. The highest BCUT2D eigenvalue weighted by atomic mass is 16.1. The number of carbonyl (C=O) groups excluding carboxylic acids is 2. The molecule has 1 amide bonds. The molecular weight excluding hydrogens is 190 g/mol. The van der Waals surface area contributed by atoms with Crippen molar-refractivity contribution in [2.45, 2.75) is 25.8 Å².